The van der Waals surface area contributed by atoms with Gasteiger partial charge in [0.05, 0.1) is 20.1 Å². The lowest BCUT2D eigenvalue weighted by atomic mass is 9.86. The van der Waals surface area contributed by atoms with E-state index >= 15 is 0 Å². The molecule has 0 aromatic heterocycles. The Bertz CT molecular complexity index is 692. The van der Waals surface area contributed by atoms with Crippen LogP contribution in [0.5, 0.6) is 0 Å². The quantitative estimate of drug-likeness (QED) is 0.663. The topological polar surface area (TPSA) is 46.5 Å². The molecule has 0 spiro atoms. The van der Waals surface area contributed by atoms with Gasteiger partial charge >= 0.3 is 5.97 Å². The van der Waals surface area contributed by atoms with Crippen molar-refractivity contribution in [2.75, 3.05) is 26.7 Å². The maximum absolute atomic E-state index is 13.2. The highest BCUT2D eigenvalue weighted by Gasteiger charge is 2.44. The lowest BCUT2D eigenvalue weighted by Gasteiger charge is -2.41. The lowest BCUT2D eigenvalue weighted by Crippen LogP contribution is -2.54. The third kappa shape index (κ3) is 3.67. The highest BCUT2D eigenvalue weighted by atomic mass is 16.6. The zero-order valence-corrected chi connectivity index (χ0v) is 15.6. The van der Waals surface area contributed by atoms with E-state index in [-0.39, 0.29) is 6.10 Å². The molecule has 1 fully saturated rings. The van der Waals surface area contributed by atoms with E-state index in [0.29, 0.717) is 11.1 Å². The van der Waals surface area contributed by atoms with Crippen LogP contribution in [0.2, 0.25) is 0 Å². The third-order valence-corrected chi connectivity index (χ3v) is 5.58. The number of likely N-dealkylation sites (tertiary alicyclic amines) is 1. The van der Waals surface area contributed by atoms with E-state index in [1.54, 1.807) is 24.3 Å². The van der Waals surface area contributed by atoms with Crippen LogP contribution in [0.4, 0.5) is 0 Å². The maximum Gasteiger partial charge on any atom is 0.348 e. The molecule has 1 heterocycles. The number of ether oxygens (including phenoxy) is 1. The van der Waals surface area contributed by atoms with Crippen LogP contribution in [0.1, 0.15) is 30.9 Å². The second-order valence-corrected chi connectivity index (χ2v) is 7.45. The molecular weight excluding hydrogens is 326 g/mol. The van der Waals surface area contributed by atoms with E-state index in [1.807, 2.05) is 36.4 Å². The van der Waals surface area contributed by atoms with Crippen molar-refractivity contribution in [1.29, 1.82) is 0 Å². The van der Waals surface area contributed by atoms with Crippen LogP contribution < -0.4 is 0 Å². The van der Waals surface area contributed by atoms with Crippen molar-refractivity contribution in [3.05, 3.63) is 71.8 Å². The molecule has 1 saturated heterocycles. The largest absolute Gasteiger partial charge is 0.454 e. The first-order valence-electron chi connectivity index (χ1n) is 9.36. The number of nitrogens with zero attached hydrogens (tertiary/aromatic N) is 1. The van der Waals surface area contributed by atoms with Crippen molar-refractivity contribution in [3.63, 3.8) is 0 Å². The highest BCUT2D eigenvalue weighted by Crippen LogP contribution is 2.32. The summed E-state index contributed by atoms with van der Waals surface area (Å²) < 4.78 is 6.75. The summed E-state index contributed by atoms with van der Waals surface area (Å²) in [7, 11) is 2.20. The number of quaternary nitrogens is 1. The van der Waals surface area contributed by atoms with Gasteiger partial charge in [-0.05, 0) is 24.5 Å². The first kappa shape index (κ1) is 18.6. The summed E-state index contributed by atoms with van der Waals surface area (Å²) in [5.41, 5.74) is -0.741. The first-order chi connectivity index (χ1) is 12.5. The molecule has 1 aliphatic heterocycles. The molecule has 1 aliphatic rings. The van der Waals surface area contributed by atoms with Crippen molar-refractivity contribution in [2.45, 2.75) is 31.5 Å². The summed E-state index contributed by atoms with van der Waals surface area (Å²) in [5.74, 6) is -0.593. The van der Waals surface area contributed by atoms with E-state index in [4.69, 9.17) is 4.74 Å². The minimum Gasteiger partial charge on any atom is -0.454 e. The van der Waals surface area contributed by atoms with E-state index in [2.05, 4.69) is 14.0 Å². The summed E-state index contributed by atoms with van der Waals surface area (Å²) in [6, 6.07) is 18.1. The van der Waals surface area contributed by atoms with Crippen LogP contribution in [0, 0.1) is 0 Å². The average Bonchev–Trinajstić information content (AvgIpc) is 2.68. The van der Waals surface area contributed by atoms with Crippen LogP contribution in [-0.4, -0.2) is 48.3 Å². The zero-order valence-electron chi connectivity index (χ0n) is 15.6. The number of carbonyl (C=O) groups is 1. The molecule has 4 nitrogen and oxygen atoms in total. The molecule has 138 valence electrons. The van der Waals surface area contributed by atoms with Crippen molar-refractivity contribution >= 4 is 5.97 Å². The fraction of sp³-hybridized carbons (Fsp3) is 0.409. The normalized spacial score (nSPS) is 23.4. The predicted octanol–water partition coefficient (Wildman–Crippen LogP) is 3.09. The second kappa shape index (κ2) is 7.60. The van der Waals surface area contributed by atoms with Gasteiger partial charge in [0.15, 0.2) is 6.10 Å². The minimum absolute atomic E-state index is 0.167. The van der Waals surface area contributed by atoms with E-state index in [0.717, 1.165) is 37.0 Å². The van der Waals surface area contributed by atoms with Gasteiger partial charge in [0.1, 0.15) is 6.54 Å². The van der Waals surface area contributed by atoms with Crippen molar-refractivity contribution in [3.8, 4) is 0 Å². The molecule has 0 aliphatic carbocycles. The molecule has 2 atom stereocenters. The van der Waals surface area contributed by atoms with Gasteiger partial charge in [-0.1, -0.05) is 60.7 Å². The van der Waals surface area contributed by atoms with Crippen LogP contribution in [0.15, 0.2) is 60.7 Å². The Labute approximate surface area is 155 Å². The van der Waals surface area contributed by atoms with Gasteiger partial charge in [-0.2, -0.15) is 0 Å². The van der Waals surface area contributed by atoms with Crippen LogP contribution in [0.25, 0.3) is 0 Å². The van der Waals surface area contributed by atoms with Gasteiger partial charge in [-0.15, -0.1) is 0 Å². The van der Waals surface area contributed by atoms with Crippen LogP contribution in [0.3, 0.4) is 0 Å². The molecule has 4 heteroatoms. The molecule has 1 unspecified atom stereocenters. The van der Waals surface area contributed by atoms with Crippen LogP contribution >= 0.6 is 0 Å². The summed E-state index contributed by atoms with van der Waals surface area (Å²) in [5, 5.41) is 11.5. The molecule has 2 aromatic rings. The average molecular weight is 354 g/mol. The zero-order chi connectivity index (χ0) is 18.6. The Balaban J connectivity index is 1.89. The Hall–Kier alpha value is -2.17. The summed E-state index contributed by atoms with van der Waals surface area (Å²) >= 11 is 0. The first-order valence-corrected chi connectivity index (χ1v) is 9.36. The summed E-state index contributed by atoms with van der Waals surface area (Å²) in [6.45, 7) is 5.07. The predicted molar refractivity (Wildman–Crippen MR) is 101 cm³/mol. The van der Waals surface area contributed by atoms with Gasteiger partial charge in [-0.3, -0.25) is 0 Å². The van der Waals surface area contributed by atoms with Gasteiger partial charge in [0.2, 0.25) is 5.60 Å². The molecule has 0 bridgehead atoms. The lowest BCUT2D eigenvalue weighted by molar-refractivity contribution is -0.915. The number of aliphatic hydroxyl groups is 1. The van der Waals surface area contributed by atoms with Crippen molar-refractivity contribution in [1.82, 2.24) is 0 Å². The van der Waals surface area contributed by atoms with Gasteiger partial charge in [-0.25, -0.2) is 4.79 Å². The van der Waals surface area contributed by atoms with E-state index in [1.165, 1.54) is 0 Å². The number of likely N-dealkylation sites (N-methyl/N-ethyl adjacent to an activating group) is 1. The number of benzene rings is 2. The standard InChI is InChI=1S/C22H28NO3/c1-3-23(2)16-10-15-20(17-23)26-21(24)22(25,18-11-6-4-7-12-18)19-13-8-5-9-14-19/h4-9,11-14,20,25H,3,10,15-17H2,1-2H3/q+1/t20-,23?/m0/s1. The number of carbonyl (C=O) groups excluding carboxylic acids is 1. The summed E-state index contributed by atoms with van der Waals surface area (Å²) in [6.07, 6.45) is 1.71. The molecular formula is C22H28NO3+. The fourth-order valence-electron chi connectivity index (χ4n) is 3.76. The van der Waals surface area contributed by atoms with Crippen molar-refractivity contribution < 1.29 is 19.1 Å². The maximum atomic E-state index is 13.2. The van der Waals surface area contributed by atoms with Gasteiger partial charge < -0.3 is 14.3 Å². The SMILES string of the molecule is CC[N+]1(C)CCC[C@H](OC(=O)C(O)(c2ccccc2)c2ccccc2)C1. The number of hydrogen-bond acceptors (Lipinski definition) is 3. The monoisotopic (exact) mass is 354 g/mol. The van der Waals surface area contributed by atoms with Gasteiger partial charge in [0, 0.05) is 6.42 Å². The molecule has 1 N–H and O–H groups in total. The smallest absolute Gasteiger partial charge is 0.348 e. The minimum atomic E-state index is -1.80. The molecule has 26 heavy (non-hydrogen) atoms. The van der Waals surface area contributed by atoms with Crippen molar-refractivity contribution in [2.24, 2.45) is 0 Å². The van der Waals surface area contributed by atoms with E-state index in [9.17, 15) is 9.90 Å². The van der Waals surface area contributed by atoms with Crippen LogP contribution in [-0.2, 0) is 15.1 Å². The number of piperidine rings is 1. The molecule has 0 radical (unpaired) electrons. The number of esters is 1. The summed E-state index contributed by atoms with van der Waals surface area (Å²) in [4.78, 5) is 13.2. The third-order valence-electron chi connectivity index (χ3n) is 5.58. The Morgan fingerprint density at radius 2 is 1.65 bits per heavy atom. The van der Waals surface area contributed by atoms with E-state index < -0.39 is 11.6 Å². The molecule has 0 saturated carbocycles. The highest BCUT2D eigenvalue weighted by molar-refractivity contribution is 5.85. The molecule has 0 amide bonds. The second-order valence-electron chi connectivity index (χ2n) is 7.45. The Kier molecular flexibility index (Phi) is 5.44. The molecule has 3 rings (SSSR count). The Morgan fingerprint density at radius 1 is 1.12 bits per heavy atom. The fourth-order valence-corrected chi connectivity index (χ4v) is 3.76. The number of rotatable bonds is 5. The van der Waals surface area contributed by atoms with Gasteiger partial charge in [0.25, 0.3) is 0 Å². The number of hydrogen-bond donors (Lipinski definition) is 1. The molecule has 2 aromatic carbocycles. The Morgan fingerprint density at radius 3 is 2.15 bits per heavy atom.